The van der Waals surface area contributed by atoms with Gasteiger partial charge in [0.2, 0.25) is 0 Å². The summed E-state index contributed by atoms with van der Waals surface area (Å²) in [6.45, 7) is 0.700. The number of para-hydroxylation sites is 1. The molecule has 0 spiro atoms. The van der Waals surface area contributed by atoms with Crippen LogP contribution in [0.4, 0.5) is 4.39 Å². The molecule has 5 rings (SSSR count). The Morgan fingerprint density at radius 2 is 1.70 bits per heavy atom. The largest absolute Gasteiger partial charge is 0.497 e. The Labute approximate surface area is 190 Å². The molecule has 0 amide bonds. The van der Waals surface area contributed by atoms with E-state index in [9.17, 15) is 4.39 Å². The first-order valence-corrected chi connectivity index (χ1v) is 10.5. The second-order valence-corrected chi connectivity index (χ2v) is 7.54. The summed E-state index contributed by atoms with van der Waals surface area (Å²) in [4.78, 5) is 4.74. The Kier molecular flexibility index (Phi) is 5.78. The highest BCUT2D eigenvalue weighted by atomic mass is 19.1. The van der Waals surface area contributed by atoms with Crippen LogP contribution in [0.3, 0.4) is 0 Å². The summed E-state index contributed by atoms with van der Waals surface area (Å²) in [5.74, 6) is 0.512. The number of fused-ring (bicyclic) bond motifs is 1. The maximum atomic E-state index is 13.3. The van der Waals surface area contributed by atoms with Crippen LogP contribution in [0.25, 0.3) is 27.8 Å². The minimum atomic E-state index is -0.272. The third-order valence-corrected chi connectivity index (χ3v) is 5.33. The number of hydrogen-bond donors (Lipinski definition) is 0. The second kappa shape index (κ2) is 9.18. The van der Waals surface area contributed by atoms with Crippen LogP contribution in [-0.2, 0) is 18.0 Å². The van der Waals surface area contributed by atoms with Gasteiger partial charge in [-0.3, -0.25) is 0 Å². The van der Waals surface area contributed by atoms with Crippen LogP contribution in [0.15, 0.2) is 85.1 Å². The van der Waals surface area contributed by atoms with Crippen molar-refractivity contribution in [3.8, 4) is 22.7 Å². The summed E-state index contributed by atoms with van der Waals surface area (Å²) in [5.41, 5.74) is 5.11. The minimum absolute atomic E-state index is 0.272. The van der Waals surface area contributed by atoms with Gasteiger partial charge in [-0.15, -0.1) is 5.10 Å². The SMILES string of the molecule is COc1ccc(-n2cc(COCc3cc(-c4ccc(F)cc4)nc4ccccc34)nn2)cc1. The summed E-state index contributed by atoms with van der Waals surface area (Å²) >= 11 is 0. The predicted molar refractivity (Wildman–Crippen MR) is 124 cm³/mol. The molecule has 0 saturated heterocycles. The smallest absolute Gasteiger partial charge is 0.123 e. The van der Waals surface area contributed by atoms with Gasteiger partial charge in [0.1, 0.15) is 17.3 Å². The van der Waals surface area contributed by atoms with Gasteiger partial charge in [-0.05, 0) is 66.2 Å². The van der Waals surface area contributed by atoms with Gasteiger partial charge >= 0.3 is 0 Å². The first kappa shape index (κ1) is 20.8. The average Bonchev–Trinajstić information content (AvgIpc) is 3.33. The monoisotopic (exact) mass is 440 g/mol. The number of ether oxygens (including phenoxy) is 2. The van der Waals surface area contributed by atoms with E-state index in [1.807, 2.05) is 60.8 Å². The number of pyridine rings is 1. The molecular weight excluding hydrogens is 419 g/mol. The van der Waals surface area contributed by atoms with Gasteiger partial charge in [0, 0.05) is 10.9 Å². The molecule has 2 heterocycles. The van der Waals surface area contributed by atoms with Crippen molar-refractivity contribution in [2.75, 3.05) is 7.11 Å². The molecule has 33 heavy (non-hydrogen) atoms. The molecule has 0 bridgehead atoms. The zero-order valence-corrected chi connectivity index (χ0v) is 18.0. The van der Waals surface area contributed by atoms with Crippen LogP contribution >= 0.6 is 0 Å². The lowest BCUT2D eigenvalue weighted by molar-refractivity contribution is 0.105. The highest BCUT2D eigenvalue weighted by Crippen LogP contribution is 2.26. The second-order valence-electron chi connectivity index (χ2n) is 7.54. The van der Waals surface area contributed by atoms with Crippen molar-refractivity contribution in [1.29, 1.82) is 0 Å². The lowest BCUT2D eigenvalue weighted by Gasteiger charge is -2.10. The van der Waals surface area contributed by atoms with E-state index < -0.39 is 0 Å². The summed E-state index contributed by atoms with van der Waals surface area (Å²) in [6, 6.07) is 23.8. The van der Waals surface area contributed by atoms with E-state index in [4.69, 9.17) is 14.5 Å². The third kappa shape index (κ3) is 4.58. The Hall–Kier alpha value is -4.10. The molecule has 0 saturated carbocycles. The van der Waals surface area contributed by atoms with Crippen molar-refractivity contribution in [3.63, 3.8) is 0 Å². The minimum Gasteiger partial charge on any atom is -0.497 e. The first-order chi connectivity index (χ1) is 16.2. The number of nitrogens with zero attached hydrogens (tertiary/aromatic N) is 4. The molecule has 7 heteroatoms. The molecule has 5 aromatic rings. The number of rotatable bonds is 7. The molecule has 0 aliphatic rings. The molecular formula is C26H21FN4O2. The van der Waals surface area contributed by atoms with Crippen LogP contribution in [0.5, 0.6) is 5.75 Å². The normalized spacial score (nSPS) is 11.1. The summed E-state index contributed by atoms with van der Waals surface area (Å²) in [5, 5.41) is 9.41. The van der Waals surface area contributed by atoms with Gasteiger partial charge in [0.25, 0.3) is 0 Å². The molecule has 2 aromatic heterocycles. The quantitative estimate of drug-likeness (QED) is 0.342. The highest BCUT2D eigenvalue weighted by molar-refractivity contribution is 5.85. The number of halogens is 1. The highest BCUT2D eigenvalue weighted by Gasteiger charge is 2.09. The zero-order chi connectivity index (χ0) is 22.6. The molecule has 0 fully saturated rings. The lowest BCUT2D eigenvalue weighted by Crippen LogP contribution is -1.98. The predicted octanol–water partition coefficient (Wildman–Crippen LogP) is 5.35. The van der Waals surface area contributed by atoms with E-state index in [1.54, 1.807) is 23.9 Å². The number of hydrogen-bond acceptors (Lipinski definition) is 5. The van der Waals surface area contributed by atoms with Crippen LogP contribution in [-0.4, -0.2) is 27.1 Å². The van der Waals surface area contributed by atoms with Gasteiger partial charge in [-0.25, -0.2) is 14.1 Å². The van der Waals surface area contributed by atoms with Gasteiger partial charge in [-0.1, -0.05) is 23.4 Å². The van der Waals surface area contributed by atoms with Crippen molar-refractivity contribution in [2.24, 2.45) is 0 Å². The molecule has 0 radical (unpaired) electrons. The van der Waals surface area contributed by atoms with Crippen LogP contribution in [0, 0.1) is 5.82 Å². The maximum absolute atomic E-state index is 13.3. The third-order valence-electron chi connectivity index (χ3n) is 5.33. The van der Waals surface area contributed by atoms with E-state index >= 15 is 0 Å². The molecule has 0 aliphatic heterocycles. The molecule has 0 aliphatic carbocycles. The van der Waals surface area contributed by atoms with Crippen LogP contribution in [0.1, 0.15) is 11.3 Å². The van der Waals surface area contributed by atoms with Gasteiger partial charge in [-0.2, -0.15) is 0 Å². The molecule has 0 unspecified atom stereocenters. The fourth-order valence-corrected chi connectivity index (χ4v) is 3.63. The van der Waals surface area contributed by atoms with Crippen molar-refractivity contribution < 1.29 is 13.9 Å². The number of aromatic nitrogens is 4. The van der Waals surface area contributed by atoms with Gasteiger partial charge in [0.15, 0.2) is 0 Å². The zero-order valence-electron chi connectivity index (χ0n) is 18.0. The van der Waals surface area contributed by atoms with E-state index in [-0.39, 0.29) is 5.82 Å². The fraction of sp³-hybridized carbons (Fsp3) is 0.115. The van der Waals surface area contributed by atoms with Crippen LogP contribution in [0.2, 0.25) is 0 Å². The fourth-order valence-electron chi connectivity index (χ4n) is 3.63. The number of methoxy groups -OCH3 is 1. The molecule has 3 aromatic carbocycles. The van der Waals surface area contributed by atoms with Crippen LogP contribution < -0.4 is 4.74 Å². The lowest BCUT2D eigenvalue weighted by atomic mass is 10.0. The Balaban J connectivity index is 1.33. The molecule has 0 N–H and O–H groups in total. The number of benzene rings is 3. The average molecular weight is 440 g/mol. The van der Waals surface area contributed by atoms with Gasteiger partial charge in [0.05, 0.1) is 43.4 Å². The van der Waals surface area contributed by atoms with E-state index in [0.29, 0.717) is 13.2 Å². The van der Waals surface area contributed by atoms with Gasteiger partial charge < -0.3 is 9.47 Å². The Bertz CT molecular complexity index is 1380. The van der Waals surface area contributed by atoms with E-state index in [1.165, 1.54) is 12.1 Å². The van der Waals surface area contributed by atoms with E-state index in [0.717, 1.165) is 44.9 Å². The Morgan fingerprint density at radius 3 is 2.48 bits per heavy atom. The summed E-state index contributed by atoms with van der Waals surface area (Å²) in [7, 11) is 1.63. The summed E-state index contributed by atoms with van der Waals surface area (Å²) in [6.07, 6.45) is 1.84. The van der Waals surface area contributed by atoms with Crippen molar-refractivity contribution >= 4 is 10.9 Å². The molecule has 164 valence electrons. The molecule has 0 atom stereocenters. The topological polar surface area (TPSA) is 62.1 Å². The van der Waals surface area contributed by atoms with E-state index in [2.05, 4.69) is 10.3 Å². The molecule has 6 nitrogen and oxygen atoms in total. The maximum Gasteiger partial charge on any atom is 0.123 e. The standard InChI is InChI=1S/C26H21FN4O2/c1-32-23-12-10-22(11-13-23)31-15-21(29-30-31)17-33-16-19-14-26(18-6-8-20(27)9-7-18)28-25-5-3-2-4-24(19)25/h2-15H,16-17H2,1H3. The summed E-state index contributed by atoms with van der Waals surface area (Å²) < 4.78 is 26.2. The van der Waals surface area contributed by atoms with Crippen molar-refractivity contribution in [2.45, 2.75) is 13.2 Å². The Morgan fingerprint density at radius 1 is 0.909 bits per heavy atom. The first-order valence-electron chi connectivity index (χ1n) is 10.5. The van der Waals surface area contributed by atoms with Crippen molar-refractivity contribution in [1.82, 2.24) is 20.0 Å². The van der Waals surface area contributed by atoms with Crippen molar-refractivity contribution in [3.05, 3.63) is 102 Å².